The van der Waals surface area contributed by atoms with Gasteiger partial charge in [0.15, 0.2) is 5.76 Å². The fraction of sp³-hybridized carbons (Fsp3) is 0.444. The first kappa shape index (κ1) is 20.6. The summed E-state index contributed by atoms with van der Waals surface area (Å²) in [4.78, 5) is 12.7. The number of benzene rings is 1. The standard InChI is InChI=1S/C18H22ClN3O5S/c1-11-17(12(2)27-21-11)28(24,25)22-8-6-13(7-9-22)18(23)20-15-10-14(19)4-5-16(15)26-3/h4-5,10,13H,6-9H2,1-3H3,(H,20,23). The number of halogens is 1. The van der Waals surface area contributed by atoms with E-state index in [1.54, 1.807) is 32.0 Å². The maximum Gasteiger partial charge on any atom is 0.248 e. The molecule has 2 aromatic rings. The van der Waals surface area contributed by atoms with E-state index in [9.17, 15) is 13.2 Å². The van der Waals surface area contributed by atoms with E-state index in [0.717, 1.165) is 0 Å². The molecule has 1 aromatic heterocycles. The largest absolute Gasteiger partial charge is 0.495 e. The number of ether oxygens (including phenoxy) is 1. The van der Waals surface area contributed by atoms with Gasteiger partial charge in [-0.05, 0) is 44.9 Å². The van der Waals surface area contributed by atoms with Crippen molar-refractivity contribution in [1.29, 1.82) is 0 Å². The van der Waals surface area contributed by atoms with Crippen molar-refractivity contribution in [3.8, 4) is 5.75 Å². The van der Waals surface area contributed by atoms with Crippen LogP contribution in [0.2, 0.25) is 5.02 Å². The maximum absolute atomic E-state index is 12.9. The Kier molecular flexibility index (Phi) is 5.97. The molecule has 1 aliphatic rings. The number of carbonyl (C=O) groups excluding carboxylic acids is 1. The zero-order valence-corrected chi connectivity index (χ0v) is 17.4. The van der Waals surface area contributed by atoms with Gasteiger partial charge in [-0.2, -0.15) is 4.31 Å². The molecule has 3 rings (SSSR count). The Morgan fingerprint density at radius 2 is 2.00 bits per heavy atom. The third-order valence-corrected chi connectivity index (χ3v) is 7.19. The van der Waals surface area contributed by atoms with Gasteiger partial charge in [0.25, 0.3) is 0 Å². The predicted octanol–water partition coefficient (Wildman–Crippen LogP) is 2.99. The van der Waals surface area contributed by atoms with Crippen molar-refractivity contribution < 1.29 is 22.5 Å². The van der Waals surface area contributed by atoms with Crippen LogP contribution in [0.3, 0.4) is 0 Å². The first-order chi connectivity index (χ1) is 13.2. The number of rotatable bonds is 5. The highest BCUT2D eigenvalue weighted by Crippen LogP contribution is 2.31. The third-order valence-electron chi connectivity index (χ3n) is 4.81. The summed E-state index contributed by atoms with van der Waals surface area (Å²) in [5.74, 6) is 0.288. The van der Waals surface area contributed by atoms with Gasteiger partial charge in [0.2, 0.25) is 15.9 Å². The van der Waals surface area contributed by atoms with E-state index in [1.807, 2.05) is 0 Å². The monoisotopic (exact) mass is 427 g/mol. The molecule has 0 aliphatic carbocycles. The van der Waals surface area contributed by atoms with Gasteiger partial charge in [0, 0.05) is 24.0 Å². The molecule has 1 N–H and O–H groups in total. The quantitative estimate of drug-likeness (QED) is 0.786. The highest BCUT2D eigenvalue weighted by molar-refractivity contribution is 7.89. The topological polar surface area (TPSA) is 102 Å². The molecule has 2 heterocycles. The molecule has 0 unspecified atom stereocenters. The fourth-order valence-electron chi connectivity index (χ4n) is 3.34. The molecule has 1 fully saturated rings. The van der Waals surface area contributed by atoms with Crippen molar-refractivity contribution in [3.63, 3.8) is 0 Å². The first-order valence-electron chi connectivity index (χ1n) is 8.81. The molecule has 0 saturated carbocycles. The van der Waals surface area contributed by atoms with Gasteiger partial charge in [-0.25, -0.2) is 8.42 Å². The summed E-state index contributed by atoms with van der Waals surface area (Å²) < 4.78 is 37.3. The molecule has 1 aromatic carbocycles. The fourth-order valence-corrected chi connectivity index (χ4v) is 5.28. The number of aryl methyl sites for hydroxylation is 2. The number of amides is 1. The molecule has 0 spiro atoms. The molecule has 152 valence electrons. The van der Waals surface area contributed by atoms with Gasteiger partial charge in [-0.3, -0.25) is 4.79 Å². The molecule has 0 bridgehead atoms. The highest BCUT2D eigenvalue weighted by atomic mass is 35.5. The second-order valence-electron chi connectivity index (χ2n) is 6.67. The number of hydrogen-bond acceptors (Lipinski definition) is 6. The molecular formula is C18H22ClN3O5S. The third kappa shape index (κ3) is 4.01. The van der Waals surface area contributed by atoms with Crippen LogP contribution in [-0.2, 0) is 14.8 Å². The van der Waals surface area contributed by atoms with Crippen molar-refractivity contribution >= 4 is 33.2 Å². The Labute approximate surface area is 168 Å². The summed E-state index contributed by atoms with van der Waals surface area (Å²) in [6, 6.07) is 4.97. The first-order valence-corrected chi connectivity index (χ1v) is 10.6. The summed E-state index contributed by atoms with van der Waals surface area (Å²) >= 11 is 5.99. The molecule has 10 heteroatoms. The van der Waals surface area contributed by atoms with Gasteiger partial charge in [-0.1, -0.05) is 16.8 Å². The Balaban J connectivity index is 1.67. The van der Waals surface area contributed by atoms with E-state index >= 15 is 0 Å². The lowest BCUT2D eigenvalue weighted by Gasteiger charge is -2.30. The second kappa shape index (κ2) is 8.10. The van der Waals surface area contributed by atoms with Gasteiger partial charge in [0.05, 0.1) is 12.8 Å². The van der Waals surface area contributed by atoms with Crippen LogP contribution >= 0.6 is 11.6 Å². The second-order valence-corrected chi connectivity index (χ2v) is 8.98. The lowest BCUT2D eigenvalue weighted by atomic mass is 9.97. The lowest BCUT2D eigenvalue weighted by Crippen LogP contribution is -2.41. The number of piperidine rings is 1. The molecule has 1 saturated heterocycles. The van der Waals surface area contributed by atoms with Crippen LogP contribution in [0.5, 0.6) is 5.75 Å². The van der Waals surface area contributed by atoms with E-state index in [2.05, 4.69) is 10.5 Å². The Hall–Kier alpha value is -2.10. The van der Waals surface area contributed by atoms with Crippen molar-refractivity contribution in [1.82, 2.24) is 9.46 Å². The van der Waals surface area contributed by atoms with Crippen LogP contribution in [0.1, 0.15) is 24.3 Å². The zero-order valence-electron chi connectivity index (χ0n) is 15.9. The van der Waals surface area contributed by atoms with Gasteiger partial charge in [0.1, 0.15) is 16.3 Å². The molecule has 0 radical (unpaired) electrons. The van der Waals surface area contributed by atoms with E-state index in [4.69, 9.17) is 20.9 Å². The van der Waals surface area contributed by atoms with Gasteiger partial charge in [-0.15, -0.1) is 0 Å². The SMILES string of the molecule is COc1ccc(Cl)cc1NC(=O)C1CCN(S(=O)(=O)c2c(C)noc2C)CC1. The number of aromatic nitrogens is 1. The number of nitrogens with one attached hydrogen (secondary N) is 1. The van der Waals surface area contributed by atoms with Crippen LogP contribution in [0.4, 0.5) is 5.69 Å². The normalized spacial score (nSPS) is 16.1. The van der Waals surface area contributed by atoms with E-state index in [1.165, 1.54) is 11.4 Å². The van der Waals surface area contributed by atoms with Gasteiger partial charge >= 0.3 is 0 Å². The minimum atomic E-state index is -3.70. The molecule has 0 atom stereocenters. The minimum Gasteiger partial charge on any atom is -0.495 e. The Bertz CT molecular complexity index is 962. The van der Waals surface area contributed by atoms with Gasteiger partial charge < -0.3 is 14.6 Å². The van der Waals surface area contributed by atoms with Crippen LogP contribution < -0.4 is 10.1 Å². The van der Waals surface area contributed by atoms with Crippen LogP contribution in [-0.4, -0.2) is 44.0 Å². The van der Waals surface area contributed by atoms with E-state index < -0.39 is 10.0 Å². The average Bonchev–Trinajstić information content (AvgIpc) is 3.01. The van der Waals surface area contributed by atoms with Crippen LogP contribution in [0.25, 0.3) is 0 Å². The number of anilines is 1. The number of nitrogens with zero attached hydrogens (tertiary/aromatic N) is 2. The van der Waals surface area contributed by atoms with Crippen molar-refractivity contribution in [2.45, 2.75) is 31.6 Å². The number of methoxy groups -OCH3 is 1. The summed E-state index contributed by atoms with van der Waals surface area (Å²) in [7, 11) is -2.19. The Morgan fingerprint density at radius 1 is 1.32 bits per heavy atom. The van der Waals surface area contributed by atoms with Crippen molar-refractivity contribution in [2.24, 2.45) is 5.92 Å². The molecule has 28 heavy (non-hydrogen) atoms. The molecular weight excluding hydrogens is 406 g/mol. The van der Waals surface area contributed by atoms with Crippen LogP contribution in [0, 0.1) is 19.8 Å². The summed E-state index contributed by atoms with van der Waals surface area (Å²) in [5, 5.41) is 7.04. The average molecular weight is 428 g/mol. The van der Waals surface area contributed by atoms with Crippen molar-refractivity contribution in [3.05, 3.63) is 34.7 Å². The molecule has 8 nitrogen and oxygen atoms in total. The van der Waals surface area contributed by atoms with Crippen molar-refractivity contribution in [2.75, 3.05) is 25.5 Å². The predicted molar refractivity (Wildman–Crippen MR) is 104 cm³/mol. The van der Waals surface area contributed by atoms with E-state index in [0.29, 0.717) is 35.0 Å². The number of hydrogen-bond donors (Lipinski definition) is 1. The molecule has 1 aliphatic heterocycles. The van der Waals surface area contributed by atoms with E-state index in [-0.39, 0.29) is 35.6 Å². The summed E-state index contributed by atoms with van der Waals surface area (Å²) in [6.07, 6.45) is 0.828. The van der Waals surface area contributed by atoms with Crippen LogP contribution in [0.15, 0.2) is 27.6 Å². The lowest BCUT2D eigenvalue weighted by molar-refractivity contribution is -0.120. The number of carbonyl (C=O) groups is 1. The Morgan fingerprint density at radius 3 is 2.57 bits per heavy atom. The molecule has 1 amide bonds. The summed E-state index contributed by atoms with van der Waals surface area (Å²) in [5.41, 5.74) is 0.830. The maximum atomic E-state index is 12.9. The summed E-state index contributed by atoms with van der Waals surface area (Å²) in [6.45, 7) is 3.67. The number of sulfonamides is 1. The minimum absolute atomic E-state index is 0.110. The highest BCUT2D eigenvalue weighted by Gasteiger charge is 2.35. The smallest absolute Gasteiger partial charge is 0.248 e. The zero-order chi connectivity index (χ0) is 20.5.